The lowest BCUT2D eigenvalue weighted by Crippen LogP contribution is -2.46. The molecule has 1 aliphatic heterocycles. The number of piperidine rings is 1. The molecule has 0 unspecified atom stereocenters. The van der Waals surface area contributed by atoms with Crippen molar-refractivity contribution in [3.8, 4) is 0 Å². The highest BCUT2D eigenvalue weighted by atomic mass is 14.9. The highest BCUT2D eigenvalue weighted by Gasteiger charge is 2.37. The molecule has 1 nitrogen and oxygen atoms in total. The normalized spacial score (nSPS) is 31.5. The standard InChI is InChI=1S/C14H21N/c1-3-14(9-10-15-11-12(14)2)13-7-5-4-6-8-13/h4-8,12,15H,3,9-11H2,1-2H3/t12-,14-/m0/s1. The topological polar surface area (TPSA) is 12.0 Å². The average molecular weight is 203 g/mol. The van der Waals surface area contributed by atoms with E-state index in [0.29, 0.717) is 5.41 Å². The van der Waals surface area contributed by atoms with E-state index in [0.717, 1.165) is 19.0 Å². The molecular formula is C14H21N. The first-order valence-corrected chi connectivity index (χ1v) is 6.06. The van der Waals surface area contributed by atoms with Crippen molar-refractivity contribution in [1.82, 2.24) is 5.32 Å². The number of hydrogen-bond acceptors (Lipinski definition) is 1. The molecule has 0 saturated carbocycles. The summed E-state index contributed by atoms with van der Waals surface area (Å²) in [6.07, 6.45) is 2.52. The average Bonchev–Trinajstić information content (AvgIpc) is 2.31. The summed E-state index contributed by atoms with van der Waals surface area (Å²) in [4.78, 5) is 0. The van der Waals surface area contributed by atoms with Gasteiger partial charge in [0.1, 0.15) is 0 Å². The van der Waals surface area contributed by atoms with Crippen molar-refractivity contribution < 1.29 is 0 Å². The third kappa shape index (κ3) is 1.81. The summed E-state index contributed by atoms with van der Waals surface area (Å²) in [5, 5.41) is 3.49. The summed E-state index contributed by atoms with van der Waals surface area (Å²) < 4.78 is 0. The molecule has 0 bridgehead atoms. The summed E-state index contributed by atoms with van der Waals surface area (Å²) in [7, 11) is 0. The van der Waals surface area contributed by atoms with E-state index in [1.54, 1.807) is 0 Å². The summed E-state index contributed by atoms with van der Waals surface area (Å²) >= 11 is 0. The molecule has 2 rings (SSSR count). The van der Waals surface area contributed by atoms with Gasteiger partial charge in [-0.15, -0.1) is 0 Å². The van der Waals surface area contributed by atoms with Crippen LogP contribution in [0.3, 0.4) is 0 Å². The van der Waals surface area contributed by atoms with Gasteiger partial charge in [-0.2, -0.15) is 0 Å². The minimum absolute atomic E-state index is 0.409. The van der Waals surface area contributed by atoms with E-state index >= 15 is 0 Å². The fourth-order valence-corrected chi connectivity index (χ4v) is 3.00. The monoisotopic (exact) mass is 203 g/mol. The second-order valence-electron chi connectivity index (χ2n) is 4.73. The van der Waals surface area contributed by atoms with Crippen molar-refractivity contribution in [3.05, 3.63) is 35.9 Å². The van der Waals surface area contributed by atoms with E-state index in [2.05, 4.69) is 49.5 Å². The smallest absolute Gasteiger partial charge is 0.0000114 e. The van der Waals surface area contributed by atoms with E-state index < -0.39 is 0 Å². The van der Waals surface area contributed by atoms with Crippen molar-refractivity contribution >= 4 is 0 Å². The van der Waals surface area contributed by atoms with E-state index in [4.69, 9.17) is 0 Å². The molecule has 1 heterocycles. The number of hydrogen-bond donors (Lipinski definition) is 1. The maximum atomic E-state index is 3.49. The predicted molar refractivity (Wildman–Crippen MR) is 65.1 cm³/mol. The second kappa shape index (κ2) is 4.36. The van der Waals surface area contributed by atoms with Crippen molar-refractivity contribution in [2.24, 2.45) is 5.92 Å². The molecule has 1 aliphatic rings. The Labute approximate surface area is 92.9 Å². The largest absolute Gasteiger partial charge is 0.316 e. The van der Waals surface area contributed by atoms with Gasteiger partial charge >= 0.3 is 0 Å². The van der Waals surface area contributed by atoms with E-state index in [1.807, 2.05) is 0 Å². The molecule has 1 aromatic carbocycles. The van der Waals surface area contributed by atoms with Crippen LogP contribution in [0.5, 0.6) is 0 Å². The Hall–Kier alpha value is -0.820. The molecule has 0 radical (unpaired) electrons. The minimum atomic E-state index is 0.409. The van der Waals surface area contributed by atoms with Gasteiger partial charge in [0.05, 0.1) is 0 Å². The Bertz CT molecular complexity index is 306. The van der Waals surface area contributed by atoms with Gasteiger partial charge in [-0.05, 0) is 37.4 Å². The van der Waals surface area contributed by atoms with Gasteiger partial charge in [0.2, 0.25) is 0 Å². The van der Waals surface area contributed by atoms with Crippen LogP contribution in [0, 0.1) is 5.92 Å². The lowest BCUT2D eigenvalue weighted by Gasteiger charge is -2.43. The molecule has 0 amide bonds. The van der Waals surface area contributed by atoms with Gasteiger partial charge in [0, 0.05) is 5.41 Å². The Balaban J connectivity index is 2.35. The van der Waals surface area contributed by atoms with Crippen molar-refractivity contribution in [3.63, 3.8) is 0 Å². The summed E-state index contributed by atoms with van der Waals surface area (Å²) in [6, 6.07) is 11.0. The van der Waals surface area contributed by atoms with Gasteiger partial charge in [-0.3, -0.25) is 0 Å². The zero-order valence-electron chi connectivity index (χ0n) is 9.79. The van der Waals surface area contributed by atoms with Gasteiger partial charge in [-0.25, -0.2) is 0 Å². The lowest BCUT2D eigenvalue weighted by molar-refractivity contribution is 0.208. The lowest BCUT2D eigenvalue weighted by atomic mass is 9.65. The van der Waals surface area contributed by atoms with Crippen LogP contribution in [0.15, 0.2) is 30.3 Å². The molecule has 1 fully saturated rings. The van der Waals surface area contributed by atoms with E-state index in [-0.39, 0.29) is 0 Å². The Morgan fingerprint density at radius 1 is 1.33 bits per heavy atom. The molecule has 82 valence electrons. The van der Waals surface area contributed by atoms with Crippen LogP contribution in [0.1, 0.15) is 32.3 Å². The zero-order chi connectivity index (χ0) is 10.7. The highest BCUT2D eigenvalue weighted by Crippen LogP contribution is 2.40. The maximum Gasteiger partial charge on any atom is 0.0000114 e. The maximum absolute atomic E-state index is 3.49. The van der Waals surface area contributed by atoms with Gasteiger partial charge < -0.3 is 5.32 Å². The summed E-state index contributed by atoms with van der Waals surface area (Å²) in [5.41, 5.74) is 1.94. The molecule has 0 spiro atoms. The van der Waals surface area contributed by atoms with Crippen LogP contribution in [0.25, 0.3) is 0 Å². The first-order valence-electron chi connectivity index (χ1n) is 6.06. The summed E-state index contributed by atoms with van der Waals surface area (Å²) in [6.45, 7) is 7.02. The second-order valence-corrected chi connectivity index (χ2v) is 4.73. The van der Waals surface area contributed by atoms with E-state index in [1.165, 1.54) is 18.4 Å². The van der Waals surface area contributed by atoms with Crippen LogP contribution >= 0.6 is 0 Å². The van der Waals surface area contributed by atoms with Crippen LogP contribution in [0.2, 0.25) is 0 Å². The molecule has 1 aromatic rings. The molecule has 0 aliphatic carbocycles. The number of nitrogens with one attached hydrogen (secondary N) is 1. The van der Waals surface area contributed by atoms with Crippen molar-refractivity contribution in [2.75, 3.05) is 13.1 Å². The number of rotatable bonds is 2. The first kappa shape index (κ1) is 10.7. The van der Waals surface area contributed by atoms with Crippen LogP contribution < -0.4 is 5.32 Å². The van der Waals surface area contributed by atoms with Crippen molar-refractivity contribution in [2.45, 2.75) is 32.1 Å². The Morgan fingerprint density at radius 3 is 2.67 bits per heavy atom. The molecule has 15 heavy (non-hydrogen) atoms. The third-order valence-electron chi connectivity index (χ3n) is 4.12. The fourth-order valence-electron chi connectivity index (χ4n) is 3.00. The first-order chi connectivity index (χ1) is 7.29. The third-order valence-corrected chi connectivity index (χ3v) is 4.12. The Morgan fingerprint density at radius 2 is 2.07 bits per heavy atom. The SMILES string of the molecule is CC[C@]1(c2ccccc2)CCNC[C@@H]1C. The summed E-state index contributed by atoms with van der Waals surface area (Å²) in [5.74, 6) is 0.735. The fraction of sp³-hybridized carbons (Fsp3) is 0.571. The van der Waals surface area contributed by atoms with Gasteiger partial charge in [-0.1, -0.05) is 44.2 Å². The van der Waals surface area contributed by atoms with Gasteiger partial charge in [0.25, 0.3) is 0 Å². The number of benzene rings is 1. The van der Waals surface area contributed by atoms with Gasteiger partial charge in [0.15, 0.2) is 0 Å². The molecule has 1 heteroatoms. The van der Waals surface area contributed by atoms with E-state index in [9.17, 15) is 0 Å². The quantitative estimate of drug-likeness (QED) is 0.779. The van der Waals surface area contributed by atoms with Crippen LogP contribution in [-0.4, -0.2) is 13.1 Å². The van der Waals surface area contributed by atoms with Crippen LogP contribution in [-0.2, 0) is 5.41 Å². The molecule has 0 aromatic heterocycles. The van der Waals surface area contributed by atoms with Crippen molar-refractivity contribution in [1.29, 1.82) is 0 Å². The minimum Gasteiger partial charge on any atom is -0.316 e. The molecule has 1 N–H and O–H groups in total. The zero-order valence-corrected chi connectivity index (χ0v) is 9.79. The highest BCUT2D eigenvalue weighted by molar-refractivity contribution is 5.27. The molecular weight excluding hydrogens is 182 g/mol. The Kier molecular flexibility index (Phi) is 3.11. The molecule has 1 saturated heterocycles. The predicted octanol–water partition coefficient (Wildman–Crippen LogP) is 2.96. The molecule has 2 atom stereocenters. The van der Waals surface area contributed by atoms with Crippen LogP contribution in [0.4, 0.5) is 0 Å².